The molecule has 2 aliphatic carbocycles. The van der Waals surface area contributed by atoms with Gasteiger partial charge in [-0.15, -0.1) is 0 Å². The van der Waals surface area contributed by atoms with Gasteiger partial charge >= 0.3 is 12.1 Å². The van der Waals surface area contributed by atoms with Crippen molar-refractivity contribution in [3.8, 4) is 11.1 Å². The first kappa shape index (κ1) is 23.4. The molecule has 35 heavy (non-hydrogen) atoms. The highest BCUT2D eigenvalue weighted by Gasteiger charge is 2.42. The van der Waals surface area contributed by atoms with Crippen LogP contribution in [0.15, 0.2) is 48.5 Å². The quantitative estimate of drug-likeness (QED) is 0.667. The Morgan fingerprint density at radius 3 is 2.31 bits per heavy atom. The van der Waals surface area contributed by atoms with Crippen molar-refractivity contribution in [1.29, 1.82) is 0 Å². The maximum Gasteiger partial charge on any atom is 0.407 e. The molecule has 3 aliphatic rings. The molecule has 5 rings (SSSR count). The smallest absolute Gasteiger partial charge is 0.407 e. The third-order valence-corrected chi connectivity index (χ3v) is 7.91. The van der Waals surface area contributed by atoms with Crippen LogP contribution in [0.2, 0.25) is 0 Å². The lowest BCUT2D eigenvalue weighted by molar-refractivity contribution is -0.155. The maximum absolute atomic E-state index is 13.3. The summed E-state index contributed by atoms with van der Waals surface area (Å²) in [5, 5.41) is 12.6. The monoisotopic (exact) mass is 476 g/mol. The summed E-state index contributed by atoms with van der Waals surface area (Å²) >= 11 is 0. The number of carboxylic acid groups (broad SMARTS) is 1. The van der Waals surface area contributed by atoms with Gasteiger partial charge in [0.15, 0.2) is 0 Å². The van der Waals surface area contributed by atoms with E-state index in [4.69, 9.17) is 4.74 Å². The number of piperidine rings is 1. The Labute approximate surface area is 205 Å². The number of carbonyl (C=O) groups excluding carboxylic acids is 2. The highest BCUT2D eigenvalue weighted by molar-refractivity contribution is 5.86. The Hall–Kier alpha value is -3.35. The fourth-order valence-corrected chi connectivity index (χ4v) is 6.07. The van der Waals surface area contributed by atoms with Gasteiger partial charge in [-0.25, -0.2) is 9.59 Å². The molecule has 0 spiro atoms. The number of fused-ring (bicyclic) bond motifs is 3. The molecule has 7 heteroatoms. The summed E-state index contributed by atoms with van der Waals surface area (Å²) in [6.07, 6.45) is 2.88. The van der Waals surface area contributed by atoms with Gasteiger partial charge in [-0.3, -0.25) is 4.79 Å². The number of nitrogens with one attached hydrogen (secondary N) is 1. The largest absolute Gasteiger partial charge is 0.480 e. The van der Waals surface area contributed by atoms with Crippen LogP contribution in [-0.4, -0.2) is 53.2 Å². The Morgan fingerprint density at radius 1 is 1.00 bits per heavy atom. The minimum atomic E-state index is -0.955. The average Bonchev–Trinajstić information content (AvgIpc) is 3.44. The highest BCUT2D eigenvalue weighted by Crippen LogP contribution is 2.44. The van der Waals surface area contributed by atoms with Gasteiger partial charge in [0.25, 0.3) is 0 Å². The molecule has 0 bridgehead atoms. The molecule has 1 saturated carbocycles. The number of benzene rings is 2. The van der Waals surface area contributed by atoms with Crippen LogP contribution in [0.5, 0.6) is 0 Å². The van der Waals surface area contributed by atoms with E-state index in [9.17, 15) is 19.5 Å². The summed E-state index contributed by atoms with van der Waals surface area (Å²) < 4.78 is 5.68. The molecule has 4 atom stereocenters. The number of alkyl carbamates (subject to hydrolysis) is 1. The second kappa shape index (κ2) is 9.72. The van der Waals surface area contributed by atoms with E-state index in [0.29, 0.717) is 25.8 Å². The Morgan fingerprint density at radius 2 is 1.66 bits per heavy atom. The van der Waals surface area contributed by atoms with E-state index < -0.39 is 24.0 Å². The van der Waals surface area contributed by atoms with Gasteiger partial charge in [-0.1, -0.05) is 61.9 Å². The summed E-state index contributed by atoms with van der Waals surface area (Å²) in [6, 6.07) is 15.2. The van der Waals surface area contributed by atoms with Crippen molar-refractivity contribution in [2.45, 2.75) is 57.0 Å². The Kier molecular flexibility index (Phi) is 6.50. The molecular formula is C28H32N2O5. The molecular weight excluding hydrogens is 444 g/mol. The predicted molar refractivity (Wildman–Crippen MR) is 131 cm³/mol. The fraction of sp³-hybridized carbons (Fsp3) is 0.464. The van der Waals surface area contributed by atoms with E-state index in [-0.39, 0.29) is 30.4 Å². The number of carbonyl (C=O) groups is 3. The van der Waals surface area contributed by atoms with E-state index in [1.807, 2.05) is 31.2 Å². The molecule has 2 unspecified atom stereocenters. The first-order valence-corrected chi connectivity index (χ1v) is 12.6. The van der Waals surface area contributed by atoms with Gasteiger partial charge in [-0.05, 0) is 53.9 Å². The lowest BCUT2D eigenvalue weighted by atomic mass is 9.90. The normalized spacial score (nSPS) is 25.6. The second-order valence-corrected chi connectivity index (χ2v) is 10.1. The third-order valence-electron chi connectivity index (χ3n) is 7.91. The molecule has 2 fully saturated rings. The van der Waals surface area contributed by atoms with Crippen LogP contribution in [0.3, 0.4) is 0 Å². The number of carboxylic acids is 1. The first-order chi connectivity index (χ1) is 16.9. The number of aliphatic carboxylic acids is 1. The molecule has 2 amide bonds. The summed E-state index contributed by atoms with van der Waals surface area (Å²) in [5.74, 6) is -1.28. The van der Waals surface area contributed by atoms with Crippen molar-refractivity contribution < 1.29 is 24.2 Å². The van der Waals surface area contributed by atoms with Gasteiger partial charge in [0.1, 0.15) is 12.6 Å². The summed E-state index contributed by atoms with van der Waals surface area (Å²) in [7, 11) is 0. The van der Waals surface area contributed by atoms with Gasteiger partial charge in [0, 0.05) is 18.5 Å². The van der Waals surface area contributed by atoms with Gasteiger partial charge < -0.3 is 20.1 Å². The highest BCUT2D eigenvalue weighted by atomic mass is 16.5. The number of likely N-dealkylation sites (tertiary alicyclic amines) is 1. The number of nitrogens with zero attached hydrogens (tertiary/aromatic N) is 1. The molecule has 2 N–H and O–H groups in total. The molecule has 2 aromatic carbocycles. The van der Waals surface area contributed by atoms with E-state index >= 15 is 0 Å². The van der Waals surface area contributed by atoms with Crippen molar-refractivity contribution in [3.05, 3.63) is 59.7 Å². The number of rotatable bonds is 5. The fourth-order valence-electron chi connectivity index (χ4n) is 6.07. The molecule has 1 saturated heterocycles. The summed E-state index contributed by atoms with van der Waals surface area (Å²) in [5.41, 5.74) is 4.63. The van der Waals surface area contributed by atoms with Crippen molar-refractivity contribution in [3.63, 3.8) is 0 Å². The first-order valence-electron chi connectivity index (χ1n) is 12.6. The molecule has 0 aromatic heterocycles. The van der Waals surface area contributed by atoms with Gasteiger partial charge in [0.2, 0.25) is 5.91 Å². The number of amides is 2. The van der Waals surface area contributed by atoms with Crippen molar-refractivity contribution in [1.82, 2.24) is 10.2 Å². The van der Waals surface area contributed by atoms with Crippen LogP contribution >= 0.6 is 0 Å². The molecule has 0 radical (unpaired) electrons. The molecule has 1 aliphatic heterocycles. The lowest BCUT2D eigenvalue weighted by Gasteiger charge is -2.38. The second-order valence-electron chi connectivity index (χ2n) is 10.1. The number of ether oxygens (including phenoxy) is 1. The van der Waals surface area contributed by atoms with Crippen molar-refractivity contribution in [2.24, 2.45) is 11.8 Å². The molecule has 2 aromatic rings. The SMILES string of the molecule is CC1CCN(C(=O)[C@H]2CCC[C@H]2NC(=O)OCC2c3ccccc3-c3ccccc32)C(C(=O)O)C1. The predicted octanol–water partition coefficient (Wildman–Crippen LogP) is 4.41. The van der Waals surface area contributed by atoms with Crippen LogP contribution in [0.4, 0.5) is 4.79 Å². The minimum absolute atomic E-state index is 0.0270. The zero-order valence-corrected chi connectivity index (χ0v) is 20.0. The number of hydrogen-bond acceptors (Lipinski definition) is 4. The van der Waals surface area contributed by atoms with Crippen LogP contribution in [0.25, 0.3) is 11.1 Å². The summed E-state index contributed by atoms with van der Waals surface area (Å²) in [6.45, 7) is 2.69. The van der Waals surface area contributed by atoms with E-state index in [1.54, 1.807) is 0 Å². The average molecular weight is 477 g/mol. The van der Waals surface area contributed by atoms with Gasteiger partial charge in [-0.2, -0.15) is 0 Å². The third kappa shape index (κ3) is 4.51. The van der Waals surface area contributed by atoms with Crippen LogP contribution in [-0.2, 0) is 14.3 Å². The minimum Gasteiger partial charge on any atom is -0.480 e. The maximum atomic E-state index is 13.3. The van der Waals surface area contributed by atoms with Crippen LogP contribution < -0.4 is 5.32 Å². The Balaban J connectivity index is 1.23. The van der Waals surface area contributed by atoms with Crippen LogP contribution in [0.1, 0.15) is 56.1 Å². The standard InChI is InChI=1S/C28H32N2O5/c1-17-13-14-30(25(15-17)27(32)33)26(31)22-11-6-12-24(22)29-28(34)35-16-23-20-9-4-2-7-18(20)19-8-3-5-10-21(19)23/h2-5,7-10,17,22-25H,6,11-16H2,1H3,(H,29,34)(H,32,33)/t17?,22-,24+,25?/m0/s1. The van der Waals surface area contributed by atoms with E-state index in [0.717, 1.165) is 24.0 Å². The zero-order valence-electron chi connectivity index (χ0n) is 20.0. The van der Waals surface area contributed by atoms with Crippen LogP contribution in [0, 0.1) is 11.8 Å². The lowest BCUT2D eigenvalue weighted by Crippen LogP contribution is -2.54. The zero-order chi connectivity index (χ0) is 24.5. The van der Waals surface area contributed by atoms with Gasteiger partial charge in [0.05, 0.1) is 5.92 Å². The van der Waals surface area contributed by atoms with E-state index in [1.165, 1.54) is 16.0 Å². The Bertz CT molecular complexity index is 1090. The van der Waals surface area contributed by atoms with Crippen molar-refractivity contribution >= 4 is 18.0 Å². The number of hydrogen-bond donors (Lipinski definition) is 2. The molecule has 1 heterocycles. The van der Waals surface area contributed by atoms with Crippen molar-refractivity contribution in [2.75, 3.05) is 13.2 Å². The molecule has 184 valence electrons. The molecule has 7 nitrogen and oxygen atoms in total. The van der Waals surface area contributed by atoms with E-state index in [2.05, 4.69) is 29.6 Å². The summed E-state index contributed by atoms with van der Waals surface area (Å²) in [4.78, 5) is 39.4. The topological polar surface area (TPSA) is 95.9 Å².